The molecule has 0 spiro atoms. The number of esters is 2. The smallest absolute Gasteiger partial charge is 0.306 e. The van der Waals surface area contributed by atoms with Gasteiger partial charge in [-0.1, -0.05) is 254 Å². The van der Waals surface area contributed by atoms with Crippen LogP contribution in [-0.4, -0.2) is 37.9 Å². The first-order chi connectivity index (χ1) is 32.6. The summed E-state index contributed by atoms with van der Waals surface area (Å²) >= 11 is 0. The van der Waals surface area contributed by atoms with E-state index in [2.05, 4.69) is 93.7 Å². The highest BCUT2D eigenvalue weighted by Gasteiger charge is 2.17. The van der Waals surface area contributed by atoms with Crippen molar-refractivity contribution < 1.29 is 23.8 Å². The Morgan fingerprint density at radius 1 is 0.348 bits per heavy atom. The van der Waals surface area contributed by atoms with Crippen molar-refractivity contribution in [2.24, 2.45) is 0 Å². The first-order valence-electron chi connectivity index (χ1n) is 28.5. The molecule has 0 N–H and O–H groups in total. The van der Waals surface area contributed by atoms with Crippen molar-refractivity contribution in [3.8, 4) is 0 Å². The van der Waals surface area contributed by atoms with E-state index in [4.69, 9.17) is 14.2 Å². The van der Waals surface area contributed by atoms with Crippen molar-refractivity contribution in [1.82, 2.24) is 0 Å². The third kappa shape index (κ3) is 54.0. The third-order valence-corrected chi connectivity index (χ3v) is 12.2. The van der Waals surface area contributed by atoms with Gasteiger partial charge in [0, 0.05) is 19.4 Å². The highest BCUT2D eigenvalue weighted by Crippen LogP contribution is 2.15. The number of unbranched alkanes of at least 4 members (excludes halogenated alkanes) is 29. The average molecular weight is 922 g/mol. The van der Waals surface area contributed by atoms with Gasteiger partial charge in [0.05, 0.1) is 6.61 Å². The van der Waals surface area contributed by atoms with Crippen LogP contribution in [0.15, 0.2) is 72.9 Å². The van der Waals surface area contributed by atoms with Crippen molar-refractivity contribution in [3.05, 3.63) is 72.9 Å². The molecule has 0 aliphatic heterocycles. The van der Waals surface area contributed by atoms with Crippen LogP contribution in [0, 0.1) is 0 Å². The molecule has 0 rings (SSSR count). The fourth-order valence-electron chi connectivity index (χ4n) is 8.01. The van der Waals surface area contributed by atoms with E-state index in [1.165, 1.54) is 167 Å². The molecule has 0 aromatic rings. The van der Waals surface area contributed by atoms with Gasteiger partial charge < -0.3 is 14.2 Å². The molecule has 0 amide bonds. The second kappa shape index (κ2) is 56.7. The standard InChI is InChI=1S/C61H108O5/c1-4-7-10-13-16-19-22-25-28-31-33-36-39-42-45-48-51-54-60(62)65-58-59(57-64-56-53-50-47-44-41-38-35-30-27-24-21-18-15-12-9-6-3)66-61(63)55-52-49-46-43-40-37-34-32-29-26-23-20-17-14-11-8-5-2/h7,10,16,19,25-26,28-29,33,36,42,45,59H,4-6,8-9,11-15,17-18,20-24,27,30-32,34-35,37-41,43-44,46-58H2,1-3H3/b10-7-,19-16-,28-25-,29-26-,36-33-,45-42-/t59-/m1/s1. The number of allylic oxidation sites excluding steroid dienone is 12. The van der Waals surface area contributed by atoms with Gasteiger partial charge in [-0.2, -0.15) is 0 Å². The van der Waals surface area contributed by atoms with E-state index in [1.54, 1.807) is 0 Å². The average Bonchev–Trinajstić information content (AvgIpc) is 3.32. The molecule has 0 aliphatic carbocycles. The van der Waals surface area contributed by atoms with Gasteiger partial charge in [-0.3, -0.25) is 9.59 Å². The van der Waals surface area contributed by atoms with E-state index in [1.807, 2.05) is 0 Å². The summed E-state index contributed by atoms with van der Waals surface area (Å²) in [6, 6.07) is 0. The molecule has 0 radical (unpaired) electrons. The minimum Gasteiger partial charge on any atom is -0.462 e. The first-order valence-corrected chi connectivity index (χ1v) is 28.5. The lowest BCUT2D eigenvalue weighted by Crippen LogP contribution is -2.30. The highest BCUT2D eigenvalue weighted by molar-refractivity contribution is 5.70. The Hall–Kier alpha value is -2.66. The number of carbonyl (C=O) groups is 2. The lowest BCUT2D eigenvalue weighted by atomic mass is 10.0. The van der Waals surface area contributed by atoms with Crippen LogP contribution in [0.2, 0.25) is 0 Å². The summed E-state index contributed by atoms with van der Waals surface area (Å²) in [5, 5.41) is 0. The van der Waals surface area contributed by atoms with Crippen molar-refractivity contribution in [2.45, 2.75) is 284 Å². The van der Waals surface area contributed by atoms with Gasteiger partial charge in [0.25, 0.3) is 0 Å². The minimum atomic E-state index is -0.562. The van der Waals surface area contributed by atoms with E-state index in [0.717, 1.165) is 77.0 Å². The van der Waals surface area contributed by atoms with Crippen LogP contribution in [0.25, 0.3) is 0 Å². The number of hydrogen-bond acceptors (Lipinski definition) is 5. The molecule has 0 saturated heterocycles. The summed E-state index contributed by atoms with van der Waals surface area (Å²) in [4.78, 5) is 25.5. The van der Waals surface area contributed by atoms with E-state index in [-0.39, 0.29) is 25.2 Å². The molecule has 0 unspecified atom stereocenters. The summed E-state index contributed by atoms with van der Waals surface area (Å²) in [6.07, 6.45) is 73.5. The van der Waals surface area contributed by atoms with Crippen LogP contribution in [0.4, 0.5) is 0 Å². The molecule has 66 heavy (non-hydrogen) atoms. The maximum Gasteiger partial charge on any atom is 0.306 e. The van der Waals surface area contributed by atoms with Crippen LogP contribution in [-0.2, 0) is 23.8 Å². The van der Waals surface area contributed by atoms with E-state index in [0.29, 0.717) is 19.4 Å². The molecule has 0 fully saturated rings. The van der Waals surface area contributed by atoms with Gasteiger partial charge in [0.15, 0.2) is 6.10 Å². The molecule has 0 aromatic carbocycles. The van der Waals surface area contributed by atoms with E-state index in [9.17, 15) is 9.59 Å². The zero-order chi connectivity index (χ0) is 47.7. The molecular weight excluding hydrogens is 813 g/mol. The lowest BCUT2D eigenvalue weighted by molar-refractivity contribution is -0.163. The molecule has 0 saturated carbocycles. The highest BCUT2D eigenvalue weighted by atomic mass is 16.6. The fraction of sp³-hybridized carbons (Fsp3) is 0.770. The Labute approximate surface area is 410 Å². The zero-order valence-corrected chi connectivity index (χ0v) is 44.0. The summed E-state index contributed by atoms with van der Waals surface area (Å²) in [5.41, 5.74) is 0. The predicted octanol–water partition coefficient (Wildman–Crippen LogP) is 19.5. The summed E-state index contributed by atoms with van der Waals surface area (Å²) in [6.45, 7) is 7.69. The molecule has 0 bridgehead atoms. The quantitative estimate of drug-likeness (QED) is 0.0346. The van der Waals surface area contributed by atoms with Crippen LogP contribution in [0.3, 0.4) is 0 Å². The van der Waals surface area contributed by atoms with Crippen LogP contribution < -0.4 is 0 Å². The monoisotopic (exact) mass is 921 g/mol. The van der Waals surface area contributed by atoms with Crippen LogP contribution >= 0.6 is 0 Å². The van der Waals surface area contributed by atoms with Gasteiger partial charge in [-0.25, -0.2) is 0 Å². The molecule has 5 heteroatoms. The molecule has 0 aliphatic rings. The largest absolute Gasteiger partial charge is 0.462 e. The van der Waals surface area contributed by atoms with Gasteiger partial charge >= 0.3 is 11.9 Å². The SMILES string of the molecule is CC/C=C\C/C=C\C/C=C\C/C=C\C/C=C\CCCC(=O)OC[C@@H](COCCCCCCCCCCCCCCCCCC)OC(=O)CCCCCCCCC/C=C\CCCCCCCC. The van der Waals surface area contributed by atoms with Crippen molar-refractivity contribution in [1.29, 1.82) is 0 Å². The Balaban J connectivity index is 4.35. The molecule has 1 atom stereocenters. The topological polar surface area (TPSA) is 61.8 Å². The number of ether oxygens (including phenoxy) is 3. The molecule has 0 heterocycles. The summed E-state index contributed by atoms with van der Waals surface area (Å²) in [5.74, 6) is -0.460. The van der Waals surface area contributed by atoms with Crippen molar-refractivity contribution >= 4 is 11.9 Å². The minimum absolute atomic E-state index is 0.0550. The second-order valence-corrected chi connectivity index (χ2v) is 18.8. The van der Waals surface area contributed by atoms with Crippen molar-refractivity contribution in [3.63, 3.8) is 0 Å². The van der Waals surface area contributed by atoms with Gasteiger partial charge in [0.1, 0.15) is 6.61 Å². The normalized spacial score (nSPS) is 12.7. The fourth-order valence-corrected chi connectivity index (χ4v) is 8.01. The number of rotatable bonds is 52. The van der Waals surface area contributed by atoms with Crippen LogP contribution in [0.5, 0.6) is 0 Å². The van der Waals surface area contributed by atoms with Gasteiger partial charge in [-0.15, -0.1) is 0 Å². The Kier molecular flexibility index (Phi) is 54.4. The lowest BCUT2D eigenvalue weighted by Gasteiger charge is -2.18. The number of carbonyl (C=O) groups excluding carboxylic acids is 2. The molecule has 382 valence electrons. The third-order valence-electron chi connectivity index (χ3n) is 12.2. The Morgan fingerprint density at radius 2 is 0.697 bits per heavy atom. The van der Waals surface area contributed by atoms with E-state index < -0.39 is 6.10 Å². The predicted molar refractivity (Wildman–Crippen MR) is 288 cm³/mol. The maximum atomic E-state index is 12.9. The summed E-state index contributed by atoms with van der Waals surface area (Å²) in [7, 11) is 0. The van der Waals surface area contributed by atoms with Gasteiger partial charge in [0.2, 0.25) is 0 Å². The van der Waals surface area contributed by atoms with Crippen LogP contribution in [0.1, 0.15) is 278 Å². The van der Waals surface area contributed by atoms with Gasteiger partial charge in [-0.05, 0) is 83.5 Å². The molecular formula is C61H108O5. The van der Waals surface area contributed by atoms with E-state index >= 15 is 0 Å². The molecule has 5 nitrogen and oxygen atoms in total. The second-order valence-electron chi connectivity index (χ2n) is 18.8. The maximum absolute atomic E-state index is 12.9. The zero-order valence-electron chi connectivity index (χ0n) is 44.0. The summed E-state index contributed by atoms with van der Waals surface area (Å²) < 4.78 is 17.4. The molecule has 0 aromatic heterocycles. The Morgan fingerprint density at radius 3 is 1.15 bits per heavy atom. The van der Waals surface area contributed by atoms with Crippen molar-refractivity contribution in [2.75, 3.05) is 19.8 Å². The first kappa shape index (κ1) is 63.3. The number of hydrogen-bond donors (Lipinski definition) is 0. The Bertz CT molecular complexity index is 1180.